The lowest BCUT2D eigenvalue weighted by atomic mass is 9.80. The molecule has 5 nitrogen and oxygen atoms in total. The van der Waals surface area contributed by atoms with Crippen molar-refractivity contribution < 1.29 is 4.79 Å². The van der Waals surface area contributed by atoms with Crippen molar-refractivity contribution in [3.63, 3.8) is 0 Å². The molecule has 1 N–H and O–H groups in total. The number of halogens is 3. The van der Waals surface area contributed by atoms with Crippen molar-refractivity contribution in [2.75, 3.05) is 13.1 Å². The van der Waals surface area contributed by atoms with Crippen LogP contribution >= 0.6 is 39.1 Å². The van der Waals surface area contributed by atoms with Crippen molar-refractivity contribution in [2.24, 2.45) is 13.0 Å². The van der Waals surface area contributed by atoms with Crippen molar-refractivity contribution in [3.8, 4) is 0 Å². The van der Waals surface area contributed by atoms with Crippen LogP contribution in [0.25, 0.3) is 0 Å². The average Bonchev–Trinajstić information content (AvgIpc) is 3.56. The molecule has 1 saturated carbocycles. The molecule has 1 aromatic heterocycles. The van der Waals surface area contributed by atoms with Gasteiger partial charge in [0.25, 0.3) is 5.56 Å². The minimum absolute atomic E-state index is 0.0236. The number of carbonyl (C=O) groups is 1. The molecule has 2 fully saturated rings. The van der Waals surface area contributed by atoms with E-state index < -0.39 is 0 Å². The molecule has 1 amide bonds. The number of hydrogen-bond acceptors (Lipinski definition) is 3. The zero-order chi connectivity index (χ0) is 21.4. The van der Waals surface area contributed by atoms with E-state index in [1.54, 1.807) is 29.9 Å². The molecule has 8 heteroatoms. The van der Waals surface area contributed by atoms with Crippen LogP contribution < -0.4 is 10.9 Å². The lowest BCUT2D eigenvalue weighted by Crippen LogP contribution is -2.47. The molecule has 1 aliphatic carbocycles. The molecule has 30 heavy (non-hydrogen) atoms. The van der Waals surface area contributed by atoms with E-state index >= 15 is 0 Å². The molecular formula is C22H24BrCl2N3O2. The van der Waals surface area contributed by atoms with E-state index in [4.69, 9.17) is 23.2 Å². The Kier molecular flexibility index (Phi) is 6.58. The standard InChI is InChI=1S/C22H24BrCl2N3O2/c1-27-7-5-13(9-20(27)29)17-4-6-26-11-18(17)22(30)28(16-2-3-16)12-14-8-15(23)10-19(24)21(14)25/h5,7-10,16-18,26H,2-4,6,11-12H2,1H3/t17-,18?/m1/s1. The van der Waals surface area contributed by atoms with Gasteiger partial charge in [-0.2, -0.15) is 0 Å². The van der Waals surface area contributed by atoms with Crippen LogP contribution in [0.15, 0.2) is 39.7 Å². The van der Waals surface area contributed by atoms with Crippen LogP contribution in [0.1, 0.15) is 36.3 Å². The summed E-state index contributed by atoms with van der Waals surface area (Å²) in [5, 5.41) is 4.33. The highest BCUT2D eigenvalue weighted by molar-refractivity contribution is 9.10. The largest absolute Gasteiger partial charge is 0.335 e. The highest BCUT2D eigenvalue weighted by Crippen LogP contribution is 2.38. The van der Waals surface area contributed by atoms with Gasteiger partial charge < -0.3 is 14.8 Å². The lowest BCUT2D eigenvalue weighted by Gasteiger charge is -2.36. The van der Waals surface area contributed by atoms with E-state index in [1.807, 2.05) is 17.0 Å². The predicted octanol–water partition coefficient (Wildman–Crippen LogP) is 4.34. The highest BCUT2D eigenvalue weighted by Gasteiger charge is 2.40. The molecular weight excluding hydrogens is 489 g/mol. The monoisotopic (exact) mass is 511 g/mol. The van der Waals surface area contributed by atoms with Gasteiger partial charge in [0.05, 0.1) is 16.0 Å². The first-order valence-corrected chi connectivity index (χ1v) is 11.7. The van der Waals surface area contributed by atoms with Gasteiger partial charge in [0, 0.05) is 42.9 Å². The minimum atomic E-state index is -0.215. The first-order valence-electron chi connectivity index (χ1n) is 10.2. The van der Waals surface area contributed by atoms with Crippen LogP contribution in [-0.2, 0) is 18.4 Å². The predicted molar refractivity (Wildman–Crippen MR) is 123 cm³/mol. The third kappa shape index (κ3) is 4.62. The van der Waals surface area contributed by atoms with Crippen LogP contribution in [0.4, 0.5) is 0 Å². The summed E-state index contributed by atoms with van der Waals surface area (Å²) >= 11 is 16.2. The first-order chi connectivity index (χ1) is 14.3. The molecule has 2 aromatic rings. The van der Waals surface area contributed by atoms with Gasteiger partial charge in [0.1, 0.15) is 0 Å². The summed E-state index contributed by atoms with van der Waals surface area (Å²) in [6.45, 7) is 1.87. The van der Waals surface area contributed by atoms with E-state index in [1.165, 1.54) is 0 Å². The maximum Gasteiger partial charge on any atom is 0.250 e. The number of amides is 1. The Hall–Kier alpha value is -1.34. The van der Waals surface area contributed by atoms with E-state index in [0.29, 0.717) is 23.1 Å². The molecule has 1 unspecified atom stereocenters. The van der Waals surface area contributed by atoms with Gasteiger partial charge in [-0.15, -0.1) is 0 Å². The van der Waals surface area contributed by atoms with Crippen LogP contribution in [0, 0.1) is 5.92 Å². The molecule has 1 saturated heterocycles. The van der Waals surface area contributed by atoms with Gasteiger partial charge >= 0.3 is 0 Å². The van der Waals surface area contributed by atoms with Crippen molar-refractivity contribution >= 4 is 45.0 Å². The number of hydrogen-bond donors (Lipinski definition) is 1. The van der Waals surface area contributed by atoms with Gasteiger partial charge in [0.2, 0.25) is 5.91 Å². The number of nitrogens with zero attached hydrogens (tertiary/aromatic N) is 2. The fourth-order valence-electron chi connectivity index (χ4n) is 4.21. The third-order valence-corrected chi connectivity index (χ3v) is 7.33. The second-order valence-corrected chi connectivity index (χ2v) is 9.87. The van der Waals surface area contributed by atoms with Crippen molar-refractivity contribution in [3.05, 3.63) is 66.5 Å². The normalized spacial score (nSPS) is 21.5. The number of carbonyl (C=O) groups excluding carboxylic acids is 1. The second kappa shape index (κ2) is 9.03. The Morgan fingerprint density at radius 1 is 1.27 bits per heavy atom. The number of piperidine rings is 1. The summed E-state index contributed by atoms with van der Waals surface area (Å²) in [6.07, 6.45) is 4.61. The molecule has 0 spiro atoms. The summed E-state index contributed by atoms with van der Waals surface area (Å²) in [7, 11) is 1.73. The molecule has 2 heterocycles. The van der Waals surface area contributed by atoms with E-state index in [0.717, 1.165) is 41.4 Å². The summed E-state index contributed by atoms with van der Waals surface area (Å²) in [5.41, 5.74) is 1.73. The Bertz CT molecular complexity index is 1020. The quantitative estimate of drug-likeness (QED) is 0.606. The topological polar surface area (TPSA) is 54.3 Å². The fraction of sp³-hybridized carbons (Fsp3) is 0.455. The maximum absolute atomic E-state index is 13.7. The van der Waals surface area contributed by atoms with E-state index in [9.17, 15) is 9.59 Å². The van der Waals surface area contributed by atoms with Gasteiger partial charge in [-0.1, -0.05) is 39.1 Å². The Morgan fingerprint density at radius 3 is 2.73 bits per heavy atom. The summed E-state index contributed by atoms with van der Waals surface area (Å²) in [5.74, 6) is -0.0779. The minimum Gasteiger partial charge on any atom is -0.335 e. The van der Waals surface area contributed by atoms with Crippen molar-refractivity contribution in [2.45, 2.75) is 37.8 Å². The van der Waals surface area contributed by atoms with Crippen molar-refractivity contribution in [1.29, 1.82) is 0 Å². The Labute approximate surface area is 194 Å². The molecule has 160 valence electrons. The fourth-order valence-corrected chi connectivity index (χ4v) is 5.25. The number of aryl methyl sites for hydroxylation is 1. The van der Waals surface area contributed by atoms with E-state index in [2.05, 4.69) is 21.2 Å². The lowest BCUT2D eigenvalue weighted by molar-refractivity contribution is -0.138. The van der Waals surface area contributed by atoms with E-state index in [-0.39, 0.29) is 29.3 Å². The zero-order valence-corrected chi connectivity index (χ0v) is 19.8. The highest BCUT2D eigenvalue weighted by atomic mass is 79.9. The summed E-state index contributed by atoms with van der Waals surface area (Å²) < 4.78 is 2.39. The molecule has 2 atom stereocenters. The first kappa shape index (κ1) is 21.9. The molecule has 0 radical (unpaired) electrons. The van der Waals surface area contributed by atoms with Gasteiger partial charge in [0.15, 0.2) is 0 Å². The maximum atomic E-state index is 13.7. The molecule has 1 aromatic carbocycles. The average molecular weight is 513 g/mol. The van der Waals surface area contributed by atoms with Gasteiger partial charge in [-0.05, 0) is 61.1 Å². The third-order valence-electron chi connectivity index (χ3n) is 6.04. The number of rotatable bonds is 5. The Morgan fingerprint density at radius 2 is 2.03 bits per heavy atom. The SMILES string of the molecule is Cn1ccc([C@H]2CCNCC2C(=O)N(Cc2cc(Br)cc(Cl)c2Cl)C2CC2)cc1=O. The molecule has 4 rings (SSSR count). The summed E-state index contributed by atoms with van der Waals surface area (Å²) in [6, 6.07) is 7.55. The molecule has 0 bridgehead atoms. The van der Waals surface area contributed by atoms with Crippen LogP contribution in [-0.4, -0.2) is 34.5 Å². The number of nitrogens with one attached hydrogen (secondary N) is 1. The second-order valence-electron chi connectivity index (χ2n) is 8.17. The van der Waals surface area contributed by atoms with Crippen molar-refractivity contribution in [1.82, 2.24) is 14.8 Å². The summed E-state index contributed by atoms with van der Waals surface area (Å²) in [4.78, 5) is 27.8. The number of benzene rings is 1. The molecule has 1 aliphatic heterocycles. The number of pyridine rings is 1. The van der Waals surface area contributed by atoms with Gasteiger partial charge in [-0.3, -0.25) is 9.59 Å². The Balaban J connectivity index is 1.62. The smallest absolute Gasteiger partial charge is 0.250 e. The number of aromatic nitrogens is 1. The van der Waals surface area contributed by atoms with Gasteiger partial charge in [-0.25, -0.2) is 0 Å². The zero-order valence-electron chi connectivity index (χ0n) is 16.7. The van der Waals surface area contributed by atoms with Crippen LogP contribution in [0.2, 0.25) is 10.0 Å². The molecule has 2 aliphatic rings. The van der Waals surface area contributed by atoms with Crippen LogP contribution in [0.5, 0.6) is 0 Å². The van der Waals surface area contributed by atoms with Crippen LogP contribution in [0.3, 0.4) is 0 Å².